The molecular formula is C15H13ClFNO2S. The van der Waals surface area contributed by atoms with Gasteiger partial charge in [-0.2, -0.15) is 0 Å². The molecular weight excluding hydrogens is 313 g/mol. The lowest BCUT2D eigenvalue weighted by molar-refractivity contribution is -0.144. The summed E-state index contributed by atoms with van der Waals surface area (Å²) in [5, 5.41) is 11.5. The highest BCUT2D eigenvalue weighted by Crippen LogP contribution is 2.34. The molecule has 0 amide bonds. The van der Waals surface area contributed by atoms with E-state index in [1.807, 2.05) is 11.4 Å². The monoisotopic (exact) mass is 325 g/mol. The van der Waals surface area contributed by atoms with Gasteiger partial charge in [0.15, 0.2) is 0 Å². The quantitative estimate of drug-likeness (QED) is 0.935. The average molecular weight is 326 g/mol. The van der Waals surface area contributed by atoms with Crippen molar-refractivity contribution in [2.24, 2.45) is 0 Å². The fraction of sp³-hybridized carbons (Fsp3) is 0.267. The van der Waals surface area contributed by atoms with Crippen molar-refractivity contribution < 1.29 is 14.3 Å². The summed E-state index contributed by atoms with van der Waals surface area (Å²) < 4.78 is 14.0. The third kappa shape index (κ3) is 2.69. The zero-order chi connectivity index (χ0) is 15.0. The fourth-order valence-corrected chi connectivity index (χ4v) is 3.82. The Kier molecular flexibility index (Phi) is 3.97. The molecule has 3 nitrogen and oxygen atoms in total. The van der Waals surface area contributed by atoms with Gasteiger partial charge in [0.2, 0.25) is 0 Å². The summed E-state index contributed by atoms with van der Waals surface area (Å²) >= 11 is 7.36. The molecule has 1 aliphatic heterocycles. The molecule has 2 heterocycles. The zero-order valence-electron chi connectivity index (χ0n) is 11.1. The first-order valence-corrected chi connectivity index (χ1v) is 7.79. The number of carboxylic acids is 1. The summed E-state index contributed by atoms with van der Waals surface area (Å²) in [7, 11) is 0. The lowest BCUT2D eigenvalue weighted by Crippen LogP contribution is -2.38. The number of rotatable bonds is 3. The van der Waals surface area contributed by atoms with E-state index in [4.69, 9.17) is 11.6 Å². The topological polar surface area (TPSA) is 40.5 Å². The summed E-state index contributed by atoms with van der Waals surface area (Å²) in [4.78, 5) is 14.5. The van der Waals surface area contributed by atoms with Gasteiger partial charge in [0, 0.05) is 23.5 Å². The number of carbonyl (C=O) groups is 1. The third-order valence-electron chi connectivity index (χ3n) is 3.70. The number of fused-ring (bicyclic) bond motifs is 1. The molecule has 0 saturated carbocycles. The molecule has 1 aromatic carbocycles. The van der Waals surface area contributed by atoms with Crippen molar-refractivity contribution in [3.05, 3.63) is 56.5 Å². The number of hydrogen-bond acceptors (Lipinski definition) is 3. The van der Waals surface area contributed by atoms with Crippen LogP contribution >= 0.6 is 22.9 Å². The predicted octanol–water partition coefficient (Wildman–Crippen LogP) is 3.72. The highest BCUT2D eigenvalue weighted by molar-refractivity contribution is 7.10. The van der Waals surface area contributed by atoms with Crippen molar-refractivity contribution in [3.8, 4) is 0 Å². The molecule has 0 spiro atoms. The lowest BCUT2D eigenvalue weighted by atomic mass is 9.99. The van der Waals surface area contributed by atoms with Crippen LogP contribution in [0.5, 0.6) is 0 Å². The Morgan fingerprint density at radius 3 is 3.05 bits per heavy atom. The Labute approximate surface area is 130 Å². The molecule has 0 aliphatic carbocycles. The second kappa shape index (κ2) is 5.75. The maximum atomic E-state index is 14.0. The molecule has 110 valence electrons. The van der Waals surface area contributed by atoms with Gasteiger partial charge in [0.05, 0.1) is 5.02 Å². The molecule has 2 aromatic rings. The van der Waals surface area contributed by atoms with Gasteiger partial charge in [-0.3, -0.25) is 9.69 Å². The van der Waals surface area contributed by atoms with Crippen LogP contribution in [-0.2, 0) is 17.8 Å². The number of aliphatic carboxylic acids is 1. The Hall–Kier alpha value is -1.43. The third-order valence-corrected chi connectivity index (χ3v) is 4.99. The lowest BCUT2D eigenvalue weighted by Gasteiger charge is -2.33. The standard InChI is InChI=1S/C15H13ClFNO2S/c16-11-3-1-2-9(13(11)17)8-18-6-4-12-10(5-7-21-12)14(18)15(19)20/h1-3,5,7,14H,4,6,8H2,(H,19,20). The molecule has 21 heavy (non-hydrogen) atoms. The van der Waals surface area contributed by atoms with E-state index >= 15 is 0 Å². The molecule has 0 fully saturated rings. The number of hydrogen-bond donors (Lipinski definition) is 1. The minimum Gasteiger partial charge on any atom is -0.480 e. The van der Waals surface area contributed by atoms with Gasteiger partial charge in [-0.15, -0.1) is 11.3 Å². The Morgan fingerprint density at radius 1 is 1.48 bits per heavy atom. The number of benzene rings is 1. The van der Waals surface area contributed by atoms with Crippen molar-refractivity contribution >= 4 is 28.9 Å². The van der Waals surface area contributed by atoms with Crippen molar-refractivity contribution in [2.75, 3.05) is 6.54 Å². The van der Waals surface area contributed by atoms with E-state index in [9.17, 15) is 14.3 Å². The molecule has 1 unspecified atom stereocenters. The molecule has 6 heteroatoms. The molecule has 1 N–H and O–H groups in total. The van der Waals surface area contributed by atoms with Crippen molar-refractivity contribution in [1.82, 2.24) is 4.90 Å². The number of nitrogens with zero attached hydrogens (tertiary/aromatic N) is 1. The minimum absolute atomic E-state index is 0.0626. The van der Waals surface area contributed by atoms with Crippen LogP contribution in [0.4, 0.5) is 4.39 Å². The van der Waals surface area contributed by atoms with Gasteiger partial charge in [-0.05, 0) is 29.5 Å². The van der Waals surface area contributed by atoms with Gasteiger partial charge in [-0.25, -0.2) is 4.39 Å². The van der Waals surface area contributed by atoms with Gasteiger partial charge >= 0.3 is 5.97 Å². The molecule has 1 aromatic heterocycles. The van der Waals surface area contributed by atoms with E-state index in [0.29, 0.717) is 12.1 Å². The fourth-order valence-electron chi connectivity index (χ4n) is 2.72. The van der Waals surface area contributed by atoms with E-state index in [-0.39, 0.29) is 11.6 Å². The smallest absolute Gasteiger partial charge is 0.325 e. The Balaban J connectivity index is 1.92. The molecule has 0 bridgehead atoms. The Morgan fingerprint density at radius 2 is 2.29 bits per heavy atom. The van der Waals surface area contributed by atoms with E-state index < -0.39 is 17.8 Å². The maximum Gasteiger partial charge on any atom is 0.325 e. The van der Waals surface area contributed by atoms with E-state index in [0.717, 1.165) is 16.9 Å². The first-order valence-electron chi connectivity index (χ1n) is 6.54. The average Bonchev–Trinajstić information content (AvgIpc) is 2.91. The van der Waals surface area contributed by atoms with E-state index in [1.54, 1.807) is 28.4 Å². The van der Waals surface area contributed by atoms with Crippen LogP contribution in [-0.4, -0.2) is 22.5 Å². The summed E-state index contributed by atoms with van der Waals surface area (Å²) in [6.07, 6.45) is 0.791. The first kappa shape index (κ1) is 14.5. The molecule has 0 radical (unpaired) electrons. The summed E-state index contributed by atoms with van der Waals surface area (Å²) in [5.74, 6) is -1.38. The molecule has 1 aliphatic rings. The maximum absolute atomic E-state index is 14.0. The van der Waals surface area contributed by atoms with Gasteiger partial charge in [-0.1, -0.05) is 23.7 Å². The Bertz CT molecular complexity index is 688. The predicted molar refractivity (Wildman–Crippen MR) is 80.2 cm³/mol. The molecule has 0 saturated heterocycles. The highest BCUT2D eigenvalue weighted by Gasteiger charge is 2.34. The first-order chi connectivity index (χ1) is 10.1. The van der Waals surface area contributed by atoms with Crippen LogP contribution in [0.2, 0.25) is 5.02 Å². The second-order valence-electron chi connectivity index (χ2n) is 4.97. The van der Waals surface area contributed by atoms with Crippen LogP contribution in [0.3, 0.4) is 0 Å². The van der Waals surface area contributed by atoms with Crippen LogP contribution in [0, 0.1) is 5.82 Å². The van der Waals surface area contributed by atoms with Crippen molar-refractivity contribution in [2.45, 2.75) is 19.0 Å². The van der Waals surface area contributed by atoms with Gasteiger partial charge < -0.3 is 5.11 Å². The normalized spacial score (nSPS) is 18.5. The van der Waals surface area contributed by atoms with Crippen LogP contribution in [0.1, 0.15) is 22.0 Å². The number of halogens is 2. The van der Waals surface area contributed by atoms with Crippen molar-refractivity contribution in [1.29, 1.82) is 0 Å². The van der Waals surface area contributed by atoms with Crippen molar-refractivity contribution in [3.63, 3.8) is 0 Å². The second-order valence-corrected chi connectivity index (χ2v) is 6.38. The van der Waals surface area contributed by atoms with Gasteiger partial charge in [0.25, 0.3) is 0 Å². The minimum atomic E-state index is -0.906. The summed E-state index contributed by atoms with van der Waals surface area (Å²) in [6.45, 7) is 0.828. The van der Waals surface area contributed by atoms with Crippen LogP contribution < -0.4 is 0 Å². The summed E-state index contributed by atoms with van der Waals surface area (Å²) in [6, 6.07) is 5.93. The van der Waals surface area contributed by atoms with Crippen LogP contribution in [0.15, 0.2) is 29.6 Å². The van der Waals surface area contributed by atoms with E-state index in [2.05, 4.69) is 0 Å². The summed E-state index contributed by atoms with van der Waals surface area (Å²) in [5.41, 5.74) is 1.24. The van der Waals surface area contributed by atoms with Crippen LogP contribution in [0.25, 0.3) is 0 Å². The van der Waals surface area contributed by atoms with E-state index in [1.165, 1.54) is 6.07 Å². The highest BCUT2D eigenvalue weighted by atomic mass is 35.5. The zero-order valence-corrected chi connectivity index (χ0v) is 12.6. The number of thiophene rings is 1. The van der Waals surface area contributed by atoms with Gasteiger partial charge in [0.1, 0.15) is 11.9 Å². The number of carboxylic acid groups (broad SMARTS) is 1. The molecule has 1 atom stereocenters. The molecule has 3 rings (SSSR count). The largest absolute Gasteiger partial charge is 0.480 e. The SMILES string of the molecule is O=C(O)C1c2ccsc2CCN1Cc1cccc(Cl)c1F.